The van der Waals surface area contributed by atoms with Gasteiger partial charge in [-0.15, -0.1) is 0 Å². The number of nitrogens with zero attached hydrogens (tertiary/aromatic N) is 3. The van der Waals surface area contributed by atoms with Crippen molar-refractivity contribution in [1.82, 2.24) is 9.88 Å². The summed E-state index contributed by atoms with van der Waals surface area (Å²) in [5.41, 5.74) is 1.53. The lowest BCUT2D eigenvalue weighted by Crippen LogP contribution is -2.49. The highest BCUT2D eigenvalue weighted by Crippen LogP contribution is 2.34. The fourth-order valence-corrected chi connectivity index (χ4v) is 4.48. The molecule has 0 radical (unpaired) electrons. The topological polar surface area (TPSA) is 72.0 Å². The number of benzene rings is 2. The average molecular weight is 411 g/mol. The largest absolute Gasteiger partial charge is 0.494 e. The van der Waals surface area contributed by atoms with E-state index in [0.717, 1.165) is 21.1 Å². The number of hydrogen-bond acceptors (Lipinski definition) is 7. The first-order valence-electron chi connectivity index (χ1n) is 9.27. The quantitative estimate of drug-likeness (QED) is 0.615. The number of thiazole rings is 1. The SMILES string of the molecule is COC(=O)c1ccccc1C(=O)N1CCN(c2nc3c(OC)cccc3s2)CC1. The van der Waals surface area contributed by atoms with Crippen LogP contribution in [0.4, 0.5) is 5.13 Å². The van der Waals surface area contributed by atoms with Crippen molar-refractivity contribution in [3.8, 4) is 5.75 Å². The fraction of sp³-hybridized carbons (Fsp3) is 0.286. The summed E-state index contributed by atoms with van der Waals surface area (Å²) in [6.45, 7) is 2.46. The molecule has 2 heterocycles. The second-order valence-corrected chi connectivity index (χ2v) is 7.63. The fourth-order valence-electron chi connectivity index (χ4n) is 3.44. The molecule has 1 amide bonds. The van der Waals surface area contributed by atoms with Gasteiger partial charge in [-0.2, -0.15) is 0 Å². The third kappa shape index (κ3) is 3.63. The molecular formula is C21H21N3O4S. The number of ether oxygens (including phenoxy) is 2. The number of esters is 1. The van der Waals surface area contributed by atoms with Crippen molar-refractivity contribution >= 4 is 38.6 Å². The molecule has 1 fully saturated rings. The number of aromatic nitrogens is 1. The predicted molar refractivity (Wildman–Crippen MR) is 112 cm³/mol. The Hall–Kier alpha value is -3.13. The number of fused-ring (bicyclic) bond motifs is 1. The second kappa shape index (κ2) is 8.08. The number of piperazine rings is 1. The van der Waals surface area contributed by atoms with Crippen LogP contribution in [-0.4, -0.2) is 62.2 Å². The van der Waals surface area contributed by atoms with Gasteiger partial charge in [-0.05, 0) is 24.3 Å². The number of anilines is 1. The van der Waals surface area contributed by atoms with Crippen LogP contribution in [0.15, 0.2) is 42.5 Å². The van der Waals surface area contributed by atoms with Crippen LogP contribution in [-0.2, 0) is 4.74 Å². The molecule has 0 bridgehead atoms. The lowest BCUT2D eigenvalue weighted by Gasteiger charge is -2.34. The number of amides is 1. The molecule has 8 heteroatoms. The molecule has 1 aromatic heterocycles. The van der Waals surface area contributed by atoms with Crippen LogP contribution in [0.1, 0.15) is 20.7 Å². The maximum atomic E-state index is 13.0. The van der Waals surface area contributed by atoms with E-state index in [0.29, 0.717) is 37.3 Å². The van der Waals surface area contributed by atoms with E-state index >= 15 is 0 Å². The first-order chi connectivity index (χ1) is 14.1. The van der Waals surface area contributed by atoms with E-state index in [1.54, 1.807) is 47.6 Å². The lowest BCUT2D eigenvalue weighted by molar-refractivity contribution is 0.0589. The Kier molecular flexibility index (Phi) is 5.35. The van der Waals surface area contributed by atoms with E-state index in [-0.39, 0.29) is 5.91 Å². The van der Waals surface area contributed by atoms with Crippen LogP contribution < -0.4 is 9.64 Å². The highest BCUT2D eigenvalue weighted by Gasteiger charge is 2.27. The molecule has 0 unspecified atom stereocenters. The normalized spacial score (nSPS) is 14.1. The number of rotatable bonds is 4. The number of carbonyl (C=O) groups excluding carboxylic acids is 2. The van der Waals surface area contributed by atoms with Gasteiger partial charge in [0.25, 0.3) is 5.91 Å². The number of para-hydroxylation sites is 1. The summed E-state index contributed by atoms with van der Waals surface area (Å²) in [6, 6.07) is 12.7. The van der Waals surface area contributed by atoms with Gasteiger partial charge < -0.3 is 19.3 Å². The second-order valence-electron chi connectivity index (χ2n) is 6.62. The first-order valence-corrected chi connectivity index (χ1v) is 10.1. The summed E-state index contributed by atoms with van der Waals surface area (Å²) in [7, 11) is 2.96. The van der Waals surface area contributed by atoms with Gasteiger partial charge in [0.15, 0.2) is 5.13 Å². The minimum atomic E-state index is -0.504. The first kappa shape index (κ1) is 19.2. The van der Waals surface area contributed by atoms with Gasteiger partial charge in [0.05, 0.1) is 30.0 Å². The minimum absolute atomic E-state index is 0.156. The van der Waals surface area contributed by atoms with E-state index in [9.17, 15) is 9.59 Å². The number of carbonyl (C=O) groups is 2. The van der Waals surface area contributed by atoms with Gasteiger partial charge in [0, 0.05) is 26.2 Å². The maximum Gasteiger partial charge on any atom is 0.338 e. The monoisotopic (exact) mass is 411 g/mol. The smallest absolute Gasteiger partial charge is 0.338 e. The molecule has 0 saturated carbocycles. The van der Waals surface area contributed by atoms with Crippen LogP contribution >= 0.6 is 11.3 Å². The molecule has 0 spiro atoms. The summed E-state index contributed by atoms with van der Waals surface area (Å²) in [5.74, 6) is 0.103. The summed E-state index contributed by atoms with van der Waals surface area (Å²) >= 11 is 1.62. The van der Waals surface area contributed by atoms with E-state index in [4.69, 9.17) is 14.5 Å². The van der Waals surface area contributed by atoms with Crippen LogP contribution in [0.5, 0.6) is 5.75 Å². The molecule has 1 aliphatic heterocycles. The van der Waals surface area contributed by atoms with Gasteiger partial charge in [0.2, 0.25) is 0 Å². The van der Waals surface area contributed by atoms with E-state index < -0.39 is 5.97 Å². The van der Waals surface area contributed by atoms with Crippen molar-refractivity contribution in [3.63, 3.8) is 0 Å². The Morgan fingerprint density at radius 1 is 0.966 bits per heavy atom. The third-order valence-electron chi connectivity index (χ3n) is 4.99. The number of hydrogen-bond donors (Lipinski definition) is 0. The number of methoxy groups -OCH3 is 2. The molecule has 2 aromatic carbocycles. The van der Waals surface area contributed by atoms with Gasteiger partial charge in [0.1, 0.15) is 11.3 Å². The summed E-state index contributed by atoms with van der Waals surface area (Å²) in [4.78, 5) is 33.6. The molecule has 7 nitrogen and oxygen atoms in total. The third-order valence-corrected chi connectivity index (χ3v) is 6.07. The van der Waals surface area contributed by atoms with Crippen molar-refractivity contribution in [2.24, 2.45) is 0 Å². The molecule has 0 N–H and O–H groups in total. The summed E-state index contributed by atoms with van der Waals surface area (Å²) in [5, 5.41) is 0.923. The molecule has 0 atom stereocenters. The average Bonchev–Trinajstić information content (AvgIpc) is 3.22. The standard InChI is InChI=1S/C21H21N3O4S/c1-27-16-8-5-9-17-18(16)22-21(29-17)24-12-10-23(11-13-24)19(25)14-6-3-4-7-15(14)20(26)28-2/h3-9H,10-13H2,1-2H3. The van der Waals surface area contributed by atoms with Crippen LogP contribution in [0.25, 0.3) is 10.2 Å². The van der Waals surface area contributed by atoms with Crippen LogP contribution in [0, 0.1) is 0 Å². The van der Waals surface area contributed by atoms with Gasteiger partial charge in [-0.3, -0.25) is 4.79 Å². The zero-order valence-corrected chi connectivity index (χ0v) is 17.1. The van der Waals surface area contributed by atoms with Crippen LogP contribution in [0.2, 0.25) is 0 Å². The highest BCUT2D eigenvalue weighted by molar-refractivity contribution is 7.22. The highest BCUT2D eigenvalue weighted by atomic mass is 32.1. The maximum absolute atomic E-state index is 13.0. The molecule has 1 aliphatic rings. The van der Waals surface area contributed by atoms with Crippen molar-refractivity contribution in [1.29, 1.82) is 0 Å². The van der Waals surface area contributed by atoms with Gasteiger partial charge in [-0.1, -0.05) is 29.5 Å². The Morgan fingerprint density at radius 3 is 2.38 bits per heavy atom. The molecule has 29 heavy (non-hydrogen) atoms. The van der Waals surface area contributed by atoms with Crippen molar-refractivity contribution in [2.75, 3.05) is 45.3 Å². The van der Waals surface area contributed by atoms with Crippen molar-refractivity contribution < 1.29 is 19.1 Å². The molecular weight excluding hydrogens is 390 g/mol. The van der Waals surface area contributed by atoms with Crippen molar-refractivity contribution in [3.05, 3.63) is 53.6 Å². The summed E-state index contributed by atoms with van der Waals surface area (Å²) < 4.78 is 11.3. The zero-order valence-electron chi connectivity index (χ0n) is 16.3. The Balaban J connectivity index is 1.49. The van der Waals surface area contributed by atoms with E-state index in [1.807, 2.05) is 18.2 Å². The summed E-state index contributed by atoms with van der Waals surface area (Å²) in [6.07, 6.45) is 0. The zero-order chi connectivity index (χ0) is 20.4. The van der Waals surface area contributed by atoms with Gasteiger partial charge in [-0.25, -0.2) is 9.78 Å². The molecule has 4 rings (SSSR count). The Morgan fingerprint density at radius 2 is 1.69 bits per heavy atom. The Bertz CT molecular complexity index is 1060. The van der Waals surface area contributed by atoms with E-state index in [1.165, 1.54) is 7.11 Å². The molecule has 0 aliphatic carbocycles. The van der Waals surface area contributed by atoms with Crippen molar-refractivity contribution in [2.45, 2.75) is 0 Å². The van der Waals surface area contributed by atoms with Crippen LogP contribution in [0.3, 0.4) is 0 Å². The molecule has 150 valence electrons. The molecule has 3 aromatic rings. The predicted octanol–water partition coefficient (Wildman–Crippen LogP) is 3.05. The van der Waals surface area contributed by atoms with E-state index in [2.05, 4.69) is 4.90 Å². The lowest BCUT2D eigenvalue weighted by atomic mass is 10.1. The Labute approximate surface area is 172 Å². The molecule has 1 saturated heterocycles. The minimum Gasteiger partial charge on any atom is -0.494 e. The van der Waals surface area contributed by atoms with Gasteiger partial charge >= 0.3 is 5.97 Å².